The van der Waals surface area contributed by atoms with Crippen LogP contribution in [0.1, 0.15) is 5.56 Å². The number of benzene rings is 1. The normalized spacial score (nSPS) is 12.8. The Morgan fingerprint density at radius 3 is 2.57 bits per heavy atom. The number of hydrogen-bond acceptors (Lipinski definition) is 2. The summed E-state index contributed by atoms with van der Waals surface area (Å²) in [5.41, 5.74) is 1.05. The summed E-state index contributed by atoms with van der Waals surface area (Å²) in [6.07, 6.45) is -0.456. The van der Waals surface area contributed by atoms with Crippen LogP contribution >= 0.6 is 23.4 Å². The van der Waals surface area contributed by atoms with E-state index >= 15 is 0 Å². The molecule has 1 unspecified atom stereocenters. The third-order valence-corrected chi connectivity index (χ3v) is 3.18. The van der Waals surface area contributed by atoms with Crippen LogP contribution in [0.15, 0.2) is 24.3 Å². The first-order valence-electron chi connectivity index (χ1n) is 4.28. The molecular formula is C10H12ClFOS. The molecule has 0 aliphatic rings. The molecule has 1 nitrogen and oxygen atoms in total. The molecule has 0 aliphatic heterocycles. The number of aliphatic hydroxyl groups is 1. The van der Waals surface area contributed by atoms with Crippen molar-refractivity contribution in [2.24, 2.45) is 0 Å². The van der Waals surface area contributed by atoms with Gasteiger partial charge in [0.1, 0.15) is 5.82 Å². The number of aliphatic hydroxyl groups excluding tert-OH is 1. The predicted octanol–water partition coefficient (Wildman–Crippen LogP) is 2.66. The second-order valence-corrected chi connectivity index (χ2v) is 4.29. The molecule has 0 saturated heterocycles. The fraction of sp³-hybridized carbons (Fsp3) is 0.400. The summed E-state index contributed by atoms with van der Waals surface area (Å²) in [5, 5.41) is 9.17. The van der Waals surface area contributed by atoms with Crippen LogP contribution in [-0.2, 0) is 5.75 Å². The number of thioether (sulfide) groups is 1. The van der Waals surface area contributed by atoms with E-state index in [1.165, 1.54) is 12.1 Å². The Morgan fingerprint density at radius 2 is 2.00 bits per heavy atom. The molecule has 0 fully saturated rings. The molecule has 4 heteroatoms. The van der Waals surface area contributed by atoms with Crippen LogP contribution < -0.4 is 0 Å². The van der Waals surface area contributed by atoms with Crippen molar-refractivity contribution < 1.29 is 9.50 Å². The van der Waals surface area contributed by atoms with Gasteiger partial charge < -0.3 is 5.11 Å². The number of hydrogen-bond donors (Lipinski definition) is 1. The molecule has 1 aromatic carbocycles. The predicted molar refractivity (Wildman–Crippen MR) is 59.3 cm³/mol. The highest BCUT2D eigenvalue weighted by Gasteiger charge is 2.01. The lowest BCUT2D eigenvalue weighted by Gasteiger charge is -2.05. The fourth-order valence-electron chi connectivity index (χ4n) is 0.938. The first-order valence-corrected chi connectivity index (χ1v) is 5.97. The smallest absolute Gasteiger partial charge is 0.123 e. The first-order chi connectivity index (χ1) is 6.72. The molecule has 0 aromatic heterocycles. The molecule has 1 rings (SSSR count). The lowest BCUT2D eigenvalue weighted by Crippen LogP contribution is -2.11. The number of rotatable bonds is 5. The van der Waals surface area contributed by atoms with E-state index < -0.39 is 6.10 Å². The zero-order valence-electron chi connectivity index (χ0n) is 7.62. The molecule has 78 valence electrons. The Morgan fingerprint density at radius 1 is 1.36 bits per heavy atom. The molecule has 0 bridgehead atoms. The Hall–Kier alpha value is -0.250. The van der Waals surface area contributed by atoms with Crippen LogP contribution in [0.5, 0.6) is 0 Å². The maximum absolute atomic E-state index is 12.5. The minimum absolute atomic E-state index is 0.223. The van der Waals surface area contributed by atoms with E-state index in [9.17, 15) is 4.39 Å². The molecular weight excluding hydrogens is 223 g/mol. The van der Waals surface area contributed by atoms with E-state index in [1.54, 1.807) is 23.9 Å². The fourth-order valence-corrected chi connectivity index (χ4v) is 2.11. The Kier molecular flexibility index (Phi) is 5.30. The summed E-state index contributed by atoms with van der Waals surface area (Å²) in [6.45, 7) is 0. The van der Waals surface area contributed by atoms with Gasteiger partial charge in [-0.05, 0) is 17.7 Å². The van der Waals surface area contributed by atoms with Crippen LogP contribution in [0.3, 0.4) is 0 Å². The second kappa shape index (κ2) is 6.27. The molecule has 1 aromatic rings. The van der Waals surface area contributed by atoms with E-state index in [4.69, 9.17) is 16.7 Å². The number of alkyl halides is 1. The highest BCUT2D eigenvalue weighted by atomic mass is 35.5. The van der Waals surface area contributed by atoms with Gasteiger partial charge in [-0.25, -0.2) is 4.39 Å². The van der Waals surface area contributed by atoms with Gasteiger partial charge in [0.15, 0.2) is 0 Å². The second-order valence-electron chi connectivity index (χ2n) is 2.95. The van der Waals surface area contributed by atoms with Crippen LogP contribution in [0.4, 0.5) is 4.39 Å². The molecule has 0 spiro atoms. The summed E-state index contributed by atoms with van der Waals surface area (Å²) in [4.78, 5) is 0. The molecule has 1 atom stereocenters. The van der Waals surface area contributed by atoms with Crippen molar-refractivity contribution in [3.05, 3.63) is 35.6 Å². The SMILES string of the molecule is OC(CCl)CSCc1ccc(F)cc1. The van der Waals surface area contributed by atoms with Gasteiger partial charge in [-0.3, -0.25) is 0 Å². The summed E-state index contributed by atoms with van der Waals surface area (Å²) >= 11 is 7.03. The summed E-state index contributed by atoms with van der Waals surface area (Å²) in [5.74, 6) is 1.42. The number of halogens is 2. The van der Waals surface area contributed by atoms with Gasteiger partial charge in [0.25, 0.3) is 0 Å². The average Bonchev–Trinajstić information content (AvgIpc) is 2.21. The zero-order chi connectivity index (χ0) is 10.4. The van der Waals surface area contributed by atoms with Crippen molar-refractivity contribution in [1.82, 2.24) is 0 Å². The first kappa shape index (κ1) is 11.8. The highest BCUT2D eigenvalue weighted by molar-refractivity contribution is 7.98. The lowest BCUT2D eigenvalue weighted by molar-refractivity contribution is 0.223. The third kappa shape index (κ3) is 4.31. The topological polar surface area (TPSA) is 20.2 Å². The van der Waals surface area contributed by atoms with E-state index in [0.717, 1.165) is 11.3 Å². The maximum Gasteiger partial charge on any atom is 0.123 e. The average molecular weight is 235 g/mol. The quantitative estimate of drug-likeness (QED) is 0.791. The molecule has 0 heterocycles. The Balaban J connectivity index is 2.28. The van der Waals surface area contributed by atoms with Crippen LogP contribution in [0.2, 0.25) is 0 Å². The standard InChI is InChI=1S/C10H12ClFOS/c11-5-10(13)7-14-6-8-1-3-9(12)4-2-8/h1-4,10,13H,5-7H2. The summed E-state index contributed by atoms with van der Waals surface area (Å²) < 4.78 is 12.5. The molecule has 1 N–H and O–H groups in total. The minimum Gasteiger partial charge on any atom is -0.391 e. The monoisotopic (exact) mass is 234 g/mol. The highest BCUT2D eigenvalue weighted by Crippen LogP contribution is 2.13. The minimum atomic E-state index is -0.456. The van der Waals surface area contributed by atoms with Gasteiger partial charge in [0, 0.05) is 17.4 Å². The lowest BCUT2D eigenvalue weighted by atomic mass is 10.2. The van der Waals surface area contributed by atoms with Gasteiger partial charge >= 0.3 is 0 Å². The largest absolute Gasteiger partial charge is 0.391 e. The van der Waals surface area contributed by atoms with Gasteiger partial charge in [-0.15, -0.1) is 11.6 Å². The van der Waals surface area contributed by atoms with Crippen LogP contribution in [-0.4, -0.2) is 22.8 Å². The van der Waals surface area contributed by atoms with E-state index in [0.29, 0.717) is 5.75 Å². The van der Waals surface area contributed by atoms with Crippen LogP contribution in [0, 0.1) is 5.82 Å². The molecule has 0 aliphatic carbocycles. The zero-order valence-corrected chi connectivity index (χ0v) is 9.19. The summed E-state index contributed by atoms with van der Waals surface area (Å²) in [7, 11) is 0. The van der Waals surface area contributed by atoms with E-state index in [1.807, 2.05) is 0 Å². The van der Waals surface area contributed by atoms with E-state index in [2.05, 4.69) is 0 Å². The van der Waals surface area contributed by atoms with Gasteiger partial charge in [0.2, 0.25) is 0 Å². The van der Waals surface area contributed by atoms with Gasteiger partial charge in [0.05, 0.1) is 6.10 Å². The van der Waals surface area contributed by atoms with Crippen molar-refractivity contribution in [3.8, 4) is 0 Å². The Bertz CT molecular complexity index is 265. The molecule has 0 radical (unpaired) electrons. The molecule has 0 amide bonds. The molecule has 14 heavy (non-hydrogen) atoms. The van der Waals surface area contributed by atoms with Crippen molar-refractivity contribution in [2.75, 3.05) is 11.6 Å². The van der Waals surface area contributed by atoms with E-state index in [-0.39, 0.29) is 11.7 Å². The van der Waals surface area contributed by atoms with Crippen molar-refractivity contribution >= 4 is 23.4 Å². The Labute approximate surface area is 92.3 Å². The van der Waals surface area contributed by atoms with Crippen molar-refractivity contribution in [2.45, 2.75) is 11.9 Å². The molecule has 0 saturated carbocycles. The maximum atomic E-state index is 12.5. The van der Waals surface area contributed by atoms with Gasteiger partial charge in [-0.2, -0.15) is 11.8 Å². The van der Waals surface area contributed by atoms with Gasteiger partial charge in [-0.1, -0.05) is 12.1 Å². The third-order valence-electron chi connectivity index (χ3n) is 1.67. The van der Waals surface area contributed by atoms with Crippen molar-refractivity contribution in [1.29, 1.82) is 0 Å². The summed E-state index contributed by atoms with van der Waals surface area (Å²) in [6, 6.07) is 6.37. The van der Waals surface area contributed by atoms with Crippen LogP contribution in [0.25, 0.3) is 0 Å². The van der Waals surface area contributed by atoms with Crippen molar-refractivity contribution in [3.63, 3.8) is 0 Å².